The molecule has 2 amide bonds. The molecule has 1 aliphatic rings. The van der Waals surface area contributed by atoms with E-state index in [4.69, 9.17) is 10.5 Å². The van der Waals surface area contributed by atoms with Crippen molar-refractivity contribution < 1.29 is 14.3 Å². The zero-order valence-corrected chi connectivity index (χ0v) is 12.3. The summed E-state index contributed by atoms with van der Waals surface area (Å²) in [4.78, 5) is 27.6. The third-order valence-corrected chi connectivity index (χ3v) is 3.18. The Bertz CT molecular complexity index is 331. The van der Waals surface area contributed by atoms with Gasteiger partial charge in [0.15, 0.2) is 0 Å². The molecule has 0 spiro atoms. The Morgan fingerprint density at radius 1 is 1.16 bits per heavy atom. The van der Waals surface area contributed by atoms with E-state index in [0.29, 0.717) is 26.2 Å². The molecule has 0 radical (unpaired) electrons. The predicted molar refractivity (Wildman–Crippen MR) is 72.5 cm³/mol. The second-order valence-corrected chi connectivity index (χ2v) is 5.93. The van der Waals surface area contributed by atoms with Crippen molar-refractivity contribution in [3.8, 4) is 0 Å². The summed E-state index contributed by atoms with van der Waals surface area (Å²) in [6.45, 7) is 8.16. The Kier molecular flexibility index (Phi) is 5.31. The minimum Gasteiger partial charge on any atom is -0.383 e. The third-order valence-electron chi connectivity index (χ3n) is 3.18. The lowest BCUT2D eigenvalue weighted by Crippen LogP contribution is -2.56. The van der Waals surface area contributed by atoms with Gasteiger partial charge in [-0.25, -0.2) is 0 Å². The molecular weight excluding hydrogens is 246 g/mol. The zero-order chi connectivity index (χ0) is 14.6. The van der Waals surface area contributed by atoms with Gasteiger partial charge in [0.1, 0.15) is 6.04 Å². The van der Waals surface area contributed by atoms with Crippen molar-refractivity contribution in [2.45, 2.75) is 26.8 Å². The lowest BCUT2D eigenvalue weighted by atomic mass is 9.94. The maximum absolute atomic E-state index is 12.1. The third kappa shape index (κ3) is 4.18. The summed E-state index contributed by atoms with van der Waals surface area (Å²) < 4.78 is 4.88. The molecule has 1 unspecified atom stereocenters. The summed E-state index contributed by atoms with van der Waals surface area (Å²) in [6.07, 6.45) is 0. The van der Waals surface area contributed by atoms with E-state index in [1.165, 1.54) is 7.11 Å². The summed E-state index contributed by atoms with van der Waals surface area (Å²) >= 11 is 0. The maximum Gasteiger partial charge on any atom is 0.241 e. The van der Waals surface area contributed by atoms with Gasteiger partial charge in [-0.05, 0) is 0 Å². The molecule has 1 fully saturated rings. The number of rotatable bonds is 3. The SMILES string of the molecule is COCC(N)C(=O)N1CCN(C(=O)C(C)(C)C)CC1. The van der Waals surface area contributed by atoms with Crippen LogP contribution >= 0.6 is 0 Å². The van der Waals surface area contributed by atoms with Crippen LogP contribution in [-0.2, 0) is 14.3 Å². The average Bonchev–Trinajstić information content (AvgIpc) is 2.36. The highest BCUT2D eigenvalue weighted by molar-refractivity contribution is 5.83. The fourth-order valence-corrected chi connectivity index (χ4v) is 2.09. The van der Waals surface area contributed by atoms with Crippen molar-refractivity contribution in [1.82, 2.24) is 9.80 Å². The van der Waals surface area contributed by atoms with Crippen LogP contribution in [0.5, 0.6) is 0 Å². The van der Waals surface area contributed by atoms with Crippen LogP contribution in [0, 0.1) is 5.41 Å². The van der Waals surface area contributed by atoms with Crippen molar-refractivity contribution in [3.05, 3.63) is 0 Å². The second-order valence-electron chi connectivity index (χ2n) is 5.93. The summed E-state index contributed by atoms with van der Waals surface area (Å²) in [6, 6.07) is -0.616. The largest absolute Gasteiger partial charge is 0.383 e. The fraction of sp³-hybridized carbons (Fsp3) is 0.846. The minimum atomic E-state index is -0.616. The van der Waals surface area contributed by atoms with Crippen molar-refractivity contribution in [1.29, 1.82) is 0 Å². The van der Waals surface area contributed by atoms with E-state index in [1.807, 2.05) is 25.7 Å². The van der Waals surface area contributed by atoms with E-state index in [-0.39, 0.29) is 23.8 Å². The Labute approximate surface area is 114 Å². The van der Waals surface area contributed by atoms with Gasteiger partial charge in [-0.2, -0.15) is 0 Å². The van der Waals surface area contributed by atoms with E-state index in [2.05, 4.69) is 0 Å². The topological polar surface area (TPSA) is 75.9 Å². The number of hydrogen-bond donors (Lipinski definition) is 1. The van der Waals surface area contributed by atoms with E-state index in [0.717, 1.165) is 0 Å². The molecule has 0 aliphatic carbocycles. The first-order valence-corrected chi connectivity index (χ1v) is 6.60. The zero-order valence-electron chi connectivity index (χ0n) is 12.3. The number of carbonyl (C=O) groups is 2. The molecule has 2 N–H and O–H groups in total. The molecule has 0 aromatic heterocycles. The van der Waals surface area contributed by atoms with Gasteiger partial charge in [-0.1, -0.05) is 20.8 Å². The smallest absolute Gasteiger partial charge is 0.241 e. The van der Waals surface area contributed by atoms with E-state index >= 15 is 0 Å². The number of nitrogens with zero attached hydrogens (tertiary/aromatic N) is 2. The van der Waals surface area contributed by atoms with Gasteiger partial charge in [-0.3, -0.25) is 9.59 Å². The molecule has 6 nitrogen and oxygen atoms in total. The number of piperazine rings is 1. The van der Waals surface area contributed by atoms with Crippen LogP contribution in [0.3, 0.4) is 0 Å². The first-order chi connectivity index (χ1) is 8.77. The van der Waals surface area contributed by atoms with Gasteiger partial charge in [0.25, 0.3) is 0 Å². The molecule has 1 rings (SSSR count). The summed E-state index contributed by atoms with van der Waals surface area (Å²) in [5, 5.41) is 0. The lowest BCUT2D eigenvalue weighted by Gasteiger charge is -2.38. The van der Waals surface area contributed by atoms with Crippen LogP contribution in [0.25, 0.3) is 0 Å². The van der Waals surface area contributed by atoms with Crippen LogP contribution in [0.2, 0.25) is 0 Å². The first-order valence-electron chi connectivity index (χ1n) is 6.60. The van der Waals surface area contributed by atoms with Crippen LogP contribution in [0.4, 0.5) is 0 Å². The number of carbonyl (C=O) groups excluding carboxylic acids is 2. The first kappa shape index (κ1) is 15.9. The molecule has 6 heteroatoms. The molecule has 0 saturated carbocycles. The molecule has 1 aliphatic heterocycles. The number of ether oxygens (including phenoxy) is 1. The summed E-state index contributed by atoms with van der Waals surface area (Å²) in [5.74, 6) is 0.0190. The molecule has 0 aromatic carbocycles. The molecule has 0 bridgehead atoms. The Morgan fingerprint density at radius 3 is 2.05 bits per heavy atom. The van der Waals surface area contributed by atoms with Crippen LogP contribution in [0.1, 0.15) is 20.8 Å². The van der Waals surface area contributed by atoms with Crippen LogP contribution in [0.15, 0.2) is 0 Å². The average molecular weight is 271 g/mol. The molecule has 1 heterocycles. The quantitative estimate of drug-likeness (QED) is 0.763. The maximum atomic E-state index is 12.1. The normalized spacial score (nSPS) is 18.4. The second kappa shape index (κ2) is 6.34. The minimum absolute atomic E-state index is 0.107. The number of nitrogens with two attached hydrogens (primary N) is 1. The molecule has 1 saturated heterocycles. The van der Waals surface area contributed by atoms with E-state index < -0.39 is 6.04 Å². The van der Waals surface area contributed by atoms with Gasteiger partial charge in [0.05, 0.1) is 6.61 Å². The van der Waals surface area contributed by atoms with Gasteiger partial charge in [-0.15, -0.1) is 0 Å². The molecule has 19 heavy (non-hydrogen) atoms. The Morgan fingerprint density at radius 2 is 1.63 bits per heavy atom. The molecule has 0 aromatic rings. The number of amides is 2. The van der Waals surface area contributed by atoms with Gasteiger partial charge >= 0.3 is 0 Å². The summed E-state index contributed by atoms with van der Waals surface area (Å²) in [7, 11) is 1.52. The van der Waals surface area contributed by atoms with Crippen molar-refractivity contribution in [3.63, 3.8) is 0 Å². The van der Waals surface area contributed by atoms with Gasteiger partial charge < -0.3 is 20.3 Å². The standard InChI is InChI=1S/C13H25N3O3/c1-13(2,3)12(18)16-7-5-15(6-8-16)11(17)10(14)9-19-4/h10H,5-9,14H2,1-4H3. The Balaban J connectivity index is 2.49. The lowest BCUT2D eigenvalue weighted by molar-refractivity contribution is -0.145. The van der Waals surface area contributed by atoms with Crippen molar-refractivity contribution >= 4 is 11.8 Å². The van der Waals surface area contributed by atoms with Crippen LogP contribution in [-0.4, -0.2) is 67.6 Å². The number of hydrogen-bond acceptors (Lipinski definition) is 4. The summed E-state index contributed by atoms with van der Waals surface area (Å²) in [5.41, 5.74) is 5.35. The van der Waals surface area contributed by atoms with E-state index in [9.17, 15) is 9.59 Å². The predicted octanol–water partition coefficient (Wildman–Crippen LogP) is -0.323. The Hall–Kier alpha value is -1.14. The highest BCUT2D eigenvalue weighted by Crippen LogP contribution is 2.18. The highest BCUT2D eigenvalue weighted by atomic mass is 16.5. The number of methoxy groups -OCH3 is 1. The van der Waals surface area contributed by atoms with Crippen molar-refractivity contribution in [2.24, 2.45) is 11.1 Å². The monoisotopic (exact) mass is 271 g/mol. The fourth-order valence-electron chi connectivity index (χ4n) is 2.09. The van der Waals surface area contributed by atoms with Gasteiger partial charge in [0, 0.05) is 38.7 Å². The molecule has 110 valence electrons. The molecular formula is C13H25N3O3. The molecule has 1 atom stereocenters. The van der Waals surface area contributed by atoms with Crippen molar-refractivity contribution in [2.75, 3.05) is 39.9 Å². The van der Waals surface area contributed by atoms with Crippen LogP contribution < -0.4 is 5.73 Å². The van der Waals surface area contributed by atoms with E-state index in [1.54, 1.807) is 4.90 Å². The van der Waals surface area contributed by atoms with Gasteiger partial charge in [0.2, 0.25) is 11.8 Å². The highest BCUT2D eigenvalue weighted by Gasteiger charge is 2.31.